The summed E-state index contributed by atoms with van der Waals surface area (Å²) < 4.78 is 2.16. The van der Waals surface area contributed by atoms with E-state index in [1.54, 1.807) is 0 Å². The van der Waals surface area contributed by atoms with Crippen molar-refractivity contribution in [1.82, 2.24) is 0 Å². The van der Waals surface area contributed by atoms with Gasteiger partial charge in [-0.1, -0.05) is 18.2 Å². The van der Waals surface area contributed by atoms with Gasteiger partial charge in [-0.3, -0.25) is 0 Å². The summed E-state index contributed by atoms with van der Waals surface area (Å²) in [4.78, 5) is 4.68. The highest BCUT2D eigenvalue weighted by Gasteiger charge is 2.38. The Morgan fingerprint density at radius 2 is 1.67 bits per heavy atom. The fourth-order valence-corrected chi connectivity index (χ4v) is 2.62. The van der Waals surface area contributed by atoms with E-state index in [1.165, 1.54) is 17.2 Å². The Morgan fingerprint density at radius 3 is 2.39 bits per heavy atom. The zero-order valence-electron chi connectivity index (χ0n) is 11.0. The fourth-order valence-electron chi connectivity index (χ4n) is 2.62. The van der Waals surface area contributed by atoms with E-state index in [4.69, 9.17) is 0 Å². The van der Waals surface area contributed by atoms with E-state index in [1.807, 2.05) is 0 Å². The molecule has 0 bridgehead atoms. The summed E-state index contributed by atoms with van der Waals surface area (Å²) >= 11 is 0. The number of pyridine rings is 1. The Hall–Kier alpha value is -2.03. The first-order chi connectivity index (χ1) is 8.70. The molecule has 0 spiro atoms. The molecule has 0 aliphatic carbocycles. The van der Waals surface area contributed by atoms with Crippen LogP contribution in [0.4, 0.5) is 17.2 Å². The topological polar surface area (TPSA) is 10.4 Å². The van der Waals surface area contributed by atoms with E-state index in [2.05, 4.69) is 84.0 Å². The van der Waals surface area contributed by atoms with Crippen molar-refractivity contribution in [2.45, 2.75) is 13.1 Å². The lowest BCUT2D eigenvalue weighted by atomic mass is 10.2. The number of aromatic nitrogens is 1. The predicted octanol–water partition coefficient (Wildman–Crippen LogP) is 2.45. The van der Waals surface area contributed by atoms with Crippen molar-refractivity contribution in [3.63, 3.8) is 0 Å². The summed E-state index contributed by atoms with van der Waals surface area (Å²) in [5, 5.41) is 0. The Labute approximate surface area is 108 Å². The molecule has 2 heterocycles. The molecule has 1 aromatic heterocycles. The average molecular weight is 240 g/mol. The van der Waals surface area contributed by atoms with Crippen molar-refractivity contribution in [1.29, 1.82) is 0 Å². The molecule has 0 fully saturated rings. The Morgan fingerprint density at radius 1 is 1.00 bits per heavy atom. The van der Waals surface area contributed by atoms with Gasteiger partial charge in [-0.2, -0.15) is 0 Å². The van der Waals surface area contributed by atoms with Crippen LogP contribution in [0.2, 0.25) is 0 Å². The van der Waals surface area contributed by atoms with Gasteiger partial charge < -0.3 is 4.90 Å². The van der Waals surface area contributed by atoms with Crippen LogP contribution < -0.4 is 14.4 Å². The van der Waals surface area contributed by atoms with Crippen molar-refractivity contribution in [2.24, 2.45) is 7.05 Å². The van der Waals surface area contributed by atoms with Gasteiger partial charge in [-0.15, -0.1) is 0 Å². The first kappa shape index (κ1) is 11.1. The predicted molar refractivity (Wildman–Crippen MR) is 74.1 cm³/mol. The molecule has 0 saturated carbocycles. The summed E-state index contributed by atoms with van der Waals surface area (Å²) in [5.74, 6) is 1.21. The zero-order valence-corrected chi connectivity index (χ0v) is 11.0. The fraction of sp³-hybridized carbons (Fsp3) is 0.267. The molecule has 1 unspecified atom stereocenters. The SMILES string of the molecule is CC1N(C)c2ccccc2N1c1cccc[n+]1C. The normalized spacial score (nSPS) is 18.1. The number of benzene rings is 1. The van der Waals surface area contributed by atoms with Gasteiger partial charge in [0, 0.05) is 13.1 Å². The smallest absolute Gasteiger partial charge is 0.283 e. The molecule has 92 valence electrons. The number of rotatable bonds is 1. The van der Waals surface area contributed by atoms with Gasteiger partial charge in [0.25, 0.3) is 5.82 Å². The largest absolute Gasteiger partial charge is 0.333 e. The third kappa shape index (κ3) is 1.47. The molecule has 3 nitrogen and oxygen atoms in total. The highest BCUT2D eigenvalue weighted by molar-refractivity contribution is 5.81. The van der Waals surface area contributed by atoms with Gasteiger partial charge in [0.2, 0.25) is 0 Å². The van der Waals surface area contributed by atoms with Crippen LogP contribution in [0.25, 0.3) is 0 Å². The van der Waals surface area contributed by atoms with E-state index < -0.39 is 0 Å². The lowest BCUT2D eigenvalue weighted by molar-refractivity contribution is -0.658. The number of anilines is 3. The van der Waals surface area contributed by atoms with Crippen LogP contribution in [-0.2, 0) is 7.05 Å². The molecule has 0 N–H and O–H groups in total. The second-order valence-electron chi connectivity index (χ2n) is 4.77. The van der Waals surface area contributed by atoms with Gasteiger partial charge in [-0.25, -0.2) is 9.47 Å². The molecule has 1 aliphatic heterocycles. The third-order valence-corrected chi connectivity index (χ3v) is 3.73. The van der Waals surface area contributed by atoms with Gasteiger partial charge in [0.1, 0.15) is 0 Å². The number of aryl methyl sites for hydroxylation is 1. The van der Waals surface area contributed by atoms with Crippen LogP contribution in [0.1, 0.15) is 6.92 Å². The molecular weight excluding hydrogens is 222 g/mol. The summed E-state index contributed by atoms with van der Waals surface area (Å²) in [6, 6.07) is 14.9. The molecule has 0 amide bonds. The third-order valence-electron chi connectivity index (χ3n) is 3.73. The Balaban J connectivity index is 2.16. The van der Waals surface area contributed by atoms with E-state index in [9.17, 15) is 0 Å². The summed E-state index contributed by atoms with van der Waals surface area (Å²) in [6.45, 7) is 2.23. The number of nitrogens with zero attached hydrogens (tertiary/aromatic N) is 3. The average Bonchev–Trinajstić information content (AvgIpc) is 2.64. The minimum atomic E-state index is 0.330. The van der Waals surface area contributed by atoms with E-state index in [-0.39, 0.29) is 0 Å². The lowest BCUT2D eigenvalue weighted by Crippen LogP contribution is -2.43. The van der Waals surface area contributed by atoms with Gasteiger partial charge >= 0.3 is 0 Å². The van der Waals surface area contributed by atoms with Crippen molar-refractivity contribution >= 4 is 17.2 Å². The molecule has 1 aliphatic rings. The van der Waals surface area contributed by atoms with Crippen LogP contribution in [0, 0.1) is 0 Å². The Kier molecular flexibility index (Phi) is 2.47. The highest BCUT2D eigenvalue weighted by Crippen LogP contribution is 2.41. The number of hydrogen-bond donors (Lipinski definition) is 0. The maximum atomic E-state index is 2.37. The molecule has 0 saturated heterocycles. The minimum absolute atomic E-state index is 0.330. The van der Waals surface area contributed by atoms with E-state index >= 15 is 0 Å². The first-order valence-electron chi connectivity index (χ1n) is 6.26. The van der Waals surface area contributed by atoms with Crippen LogP contribution in [0.15, 0.2) is 48.7 Å². The molecule has 2 aromatic rings. The quantitative estimate of drug-likeness (QED) is 0.709. The van der Waals surface area contributed by atoms with E-state index in [0.717, 1.165) is 0 Å². The number of fused-ring (bicyclic) bond motifs is 1. The Bertz CT molecular complexity index is 579. The van der Waals surface area contributed by atoms with Crippen molar-refractivity contribution in [3.05, 3.63) is 48.7 Å². The molecule has 1 aromatic carbocycles. The van der Waals surface area contributed by atoms with Crippen LogP contribution in [-0.4, -0.2) is 13.2 Å². The van der Waals surface area contributed by atoms with E-state index in [0.29, 0.717) is 6.17 Å². The monoisotopic (exact) mass is 240 g/mol. The van der Waals surface area contributed by atoms with Crippen molar-refractivity contribution in [3.8, 4) is 0 Å². The summed E-state index contributed by atoms with van der Waals surface area (Å²) in [6.07, 6.45) is 2.42. The molecule has 18 heavy (non-hydrogen) atoms. The molecule has 3 rings (SSSR count). The van der Waals surface area contributed by atoms with Gasteiger partial charge in [0.15, 0.2) is 11.9 Å². The summed E-state index contributed by atoms with van der Waals surface area (Å²) in [5.41, 5.74) is 2.56. The standard InChI is InChI=1S/C15H18N3/c1-12-17(3)13-8-4-5-9-14(13)18(12)15-10-6-7-11-16(15)2/h4-12H,1-3H3/q+1. The molecular formula is C15H18N3+. The van der Waals surface area contributed by atoms with Crippen molar-refractivity contribution in [2.75, 3.05) is 16.8 Å². The minimum Gasteiger partial charge on any atom is -0.333 e. The number of para-hydroxylation sites is 2. The second kappa shape index (κ2) is 4.02. The summed E-state index contributed by atoms with van der Waals surface area (Å²) in [7, 11) is 4.23. The van der Waals surface area contributed by atoms with Crippen LogP contribution >= 0.6 is 0 Å². The maximum absolute atomic E-state index is 2.37. The lowest BCUT2D eigenvalue weighted by Gasteiger charge is -2.21. The second-order valence-corrected chi connectivity index (χ2v) is 4.77. The van der Waals surface area contributed by atoms with Gasteiger partial charge in [-0.05, 0) is 25.1 Å². The molecule has 3 heteroatoms. The van der Waals surface area contributed by atoms with Crippen LogP contribution in [0.5, 0.6) is 0 Å². The first-order valence-corrected chi connectivity index (χ1v) is 6.26. The van der Waals surface area contributed by atoms with Crippen LogP contribution in [0.3, 0.4) is 0 Å². The maximum Gasteiger partial charge on any atom is 0.283 e. The number of hydrogen-bond acceptors (Lipinski definition) is 2. The molecule has 0 radical (unpaired) electrons. The molecule has 1 atom stereocenters. The van der Waals surface area contributed by atoms with Crippen molar-refractivity contribution < 1.29 is 4.57 Å². The zero-order chi connectivity index (χ0) is 12.7. The van der Waals surface area contributed by atoms with Gasteiger partial charge in [0.05, 0.1) is 18.9 Å². The highest BCUT2D eigenvalue weighted by atomic mass is 15.4.